The SMILES string of the molecule is CC(=O)N[C@@H](Cc1ccccc1)C(=O)N[C@H]1CCCNC(=O)[C@H](CCCN=C(N)N)CC(=O)[C@H](Cc2c[nH]c3ccccc23)NC(=O)[C@@H](CCC(N)=O)NC(=O)[C@@H]2CCCN2C1=O.CC(=O)N[C@@H](Cc1ccccc1)C(=O)N[C@H]1CCCNC(=O)[C@H](CCCN=C(N)N)CC(=O)[C@H](Cc2ccccc2)NC(=O)[C@@H](CCCN=C(N)N)NC(=O)[C@@H]2CCCN2C1=O.[HH]. The maximum atomic E-state index is 14.5. The summed E-state index contributed by atoms with van der Waals surface area (Å²) < 4.78 is 0. The number of carbonyl (C=O) groups is 15. The van der Waals surface area contributed by atoms with E-state index in [1.54, 1.807) is 18.3 Å². The first-order valence-corrected chi connectivity index (χ1v) is 42.6. The number of ketones is 2. The molecule has 0 radical (unpaired) electrons. The first kappa shape index (κ1) is 97.1. The summed E-state index contributed by atoms with van der Waals surface area (Å²) in [6.45, 7) is 3.68. The minimum atomic E-state index is -1.34. The van der Waals surface area contributed by atoms with Gasteiger partial charge in [0.25, 0.3) is 0 Å². The van der Waals surface area contributed by atoms with Crippen molar-refractivity contribution in [1.29, 1.82) is 0 Å². The fourth-order valence-electron chi connectivity index (χ4n) is 15.8. The molecule has 4 aliphatic heterocycles. The van der Waals surface area contributed by atoms with Crippen LogP contribution in [0.25, 0.3) is 10.9 Å². The molecule has 4 aliphatic rings. The van der Waals surface area contributed by atoms with Crippen molar-refractivity contribution in [1.82, 2.24) is 68.0 Å². The number of guanidine groups is 3. The van der Waals surface area contributed by atoms with Crippen molar-refractivity contribution >= 4 is 117 Å². The summed E-state index contributed by atoms with van der Waals surface area (Å²) in [6.07, 6.45) is 4.73. The van der Waals surface area contributed by atoms with Gasteiger partial charge in [0.1, 0.15) is 48.3 Å². The van der Waals surface area contributed by atoms with E-state index in [2.05, 4.69) is 73.1 Å². The third-order valence-electron chi connectivity index (χ3n) is 22.1. The van der Waals surface area contributed by atoms with Crippen molar-refractivity contribution in [2.45, 2.75) is 216 Å². The molecule has 0 bridgehead atoms. The first-order valence-electron chi connectivity index (χ1n) is 42.6. The Morgan fingerprint density at radius 2 is 0.840 bits per heavy atom. The van der Waals surface area contributed by atoms with Crippen molar-refractivity contribution < 1.29 is 73.3 Å². The molecular weight excluding hydrogens is 1610 g/mol. The van der Waals surface area contributed by atoms with Crippen molar-refractivity contribution in [3.63, 3.8) is 0 Å². The van der Waals surface area contributed by atoms with Crippen LogP contribution in [0, 0.1) is 11.8 Å². The Kier molecular flexibility index (Phi) is 38.6. The number of amides is 13. The van der Waals surface area contributed by atoms with Gasteiger partial charge in [0.15, 0.2) is 29.4 Å². The number of nitrogens with zero attached hydrogens (tertiary/aromatic N) is 5. The number of hydrogen-bond acceptors (Lipinski definition) is 18. The van der Waals surface area contributed by atoms with Gasteiger partial charge in [-0.3, -0.25) is 86.9 Å². The molecule has 9 rings (SSSR count). The fourth-order valence-corrected chi connectivity index (χ4v) is 15.8. The van der Waals surface area contributed by atoms with E-state index in [0.29, 0.717) is 32.1 Å². The molecule has 125 heavy (non-hydrogen) atoms. The van der Waals surface area contributed by atoms with Crippen LogP contribution in [0.4, 0.5) is 0 Å². The number of Topliss-reactive ketones (excluding diaryl/α,β-unsaturated/α-hetero) is 2. The average molecular weight is 1730 g/mol. The fraction of sp³-hybridized carbons (Fsp3) is 0.494. The maximum absolute atomic E-state index is 14.5. The Bertz CT molecular complexity index is 4640. The number of para-hydroxylation sites is 1. The van der Waals surface area contributed by atoms with E-state index in [0.717, 1.165) is 33.2 Å². The molecule has 4 fully saturated rings. The molecule has 4 aromatic carbocycles. The summed E-state index contributed by atoms with van der Waals surface area (Å²) >= 11 is 0. The van der Waals surface area contributed by atoms with Crippen LogP contribution in [0.1, 0.15) is 153 Å². The second-order valence-electron chi connectivity index (χ2n) is 31.8. The van der Waals surface area contributed by atoms with Crippen LogP contribution in [-0.2, 0) is 97.6 Å². The summed E-state index contributed by atoms with van der Waals surface area (Å²) in [5, 5.41) is 28.8. The summed E-state index contributed by atoms with van der Waals surface area (Å²) in [7, 11) is 0. The Balaban J connectivity index is 0.000000343. The quantitative estimate of drug-likeness (QED) is 0.0155. The van der Waals surface area contributed by atoms with E-state index in [-0.39, 0.29) is 174 Å². The number of aliphatic imine (C=N–C) groups is 3. The highest BCUT2D eigenvalue weighted by atomic mass is 16.2. The molecule has 5 heterocycles. The molecule has 1 aromatic heterocycles. The molecule has 4 saturated heterocycles. The van der Waals surface area contributed by atoms with Crippen LogP contribution >= 0.6 is 0 Å². The second kappa shape index (κ2) is 49.7. The van der Waals surface area contributed by atoms with Gasteiger partial charge in [0.2, 0.25) is 76.8 Å². The molecular formula is C87H123N23O15. The maximum Gasteiger partial charge on any atom is 0.245 e. The number of fused-ring (bicyclic) bond motifs is 3. The predicted molar refractivity (Wildman–Crippen MR) is 470 cm³/mol. The van der Waals surface area contributed by atoms with Gasteiger partial charge < -0.3 is 108 Å². The lowest BCUT2D eigenvalue weighted by Gasteiger charge is -2.31. The van der Waals surface area contributed by atoms with Gasteiger partial charge >= 0.3 is 0 Å². The van der Waals surface area contributed by atoms with Crippen molar-refractivity contribution in [3.8, 4) is 0 Å². The minimum absolute atomic E-state index is 0. The van der Waals surface area contributed by atoms with E-state index >= 15 is 0 Å². The highest BCUT2D eigenvalue weighted by Crippen LogP contribution is 2.27. The third kappa shape index (κ3) is 31.8. The van der Waals surface area contributed by atoms with Gasteiger partial charge in [-0.25, -0.2) is 0 Å². The number of nitrogens with one attached hydrogen (secondary N) is 11. The number of carbonyl (C=O) groups excluding carboxylic acids is 15. The first-order chi connectivity index (χ1) is 59.9. The number of aromatic nitrogens is 1. The Hall–Kier alpha value is -13.3. The Labute approximate surface area is 727 Å². The molecule has 5 aromatic rings. The van der Waals surface area contributed by atoms with Crippen molar-refractivity contribution in [3.05, 3.63) is 144 Å². The average Bonchev–Trinajstić information content (AvgIpc) is 1.64. The zero-order valence-corrected chi connectivity index (χ0v) is 70.9. The summed E-state index contributed by atoms with van der Waals surface area (Å²) in [4.78, 5) is 224. The molecule has 13 amide bonds. The van der Waals surface area contributed by atoms with Crippen LogP contribution in [0.15, 0.2) is 136 Å². The van der Waals surface area contributed by atoms with Gasteiger partial charge in [-0.1, -0.05) is 109 Å². The van der Waals surface area contributed by atoms with Gasteiger partial charge in [0.05, 0.1) is 12.1 Å². The number of aromatic amines is 1. The summed E-state index contributed by atoms with van der Waals surface area (Å²) in [5.74, 6) is -10.4. The van der Waals surface area contributed by atoms with Gasteiger partial charge in [-0.2, -0.15) is 0 Å². The smallest absolute Gasteiger partial charge is 0.245 e. The molecule has 38 nitrogen and oxygen atoms in total. The third-order valence-corrected chi connectivity index (χ3v) is 22.1. The highest BCUT2D eigenvalue weighted by molar-refractivity contribution is 6.00. The van der Waals surface area contributed by atoms with E-state index < -0.39 is 161 Å². The van der Waals surface area contributed by atoms with Crippen LogP contribution in [0.2, 0.25) is 0 Å². The highest BCUT2D eigenvalue weighted by Gasteiger charge is 2.43. The van der Waals surface area contributed by atoms with E-state index in [1.165, 1.54) is 23.6 Å². The van der Waals surface area contributed by atoms with Gasteiger partial charge in [-0.05, 0) is 131 Å². The van der Waals surface area contributed by atoms with E-state index in [1.807, 2.05) is 103 Å². The number of benzene rings is 4. The number of primary amides is 1. The number of H-pyrrole nitrogens is 1. The normalized spacial score (nSPS) is 22.1. The number of rotatable bonds is 29. The Morgan fingerprint density at radius 1 is 0.448 bits per heavy atom. The Morgan fingerprint density at radius 3 is 1.26 bits per heavy atom. The zero-order chi connectivity index (χ0) is 90.5. The molecule has 38 heteroatoms. The summed E-state index contributed by atoms with van der Waals surface area (Å²) in [5.41, 5.74) is 42.5. The number of hydrogen-bond donors (Lipinski definition) is 18. The zero-order valence-electron chi connectivity index (χ0n) is 70.9. The lowest BCUT2D eigenvalue weighted by atomic mass is 9.90. The van der Waals surface area contributed by atoms with Crippen molar-refractivity contribution in [2.75, 3.05) is 45.8 Å². The standard InChI is InChI=1S/C44H59N11O8.C43H62N12O7.H2/c1-26(56)51-35(22-27-10-3-2-4-11-27)41(61)53-33-15-8-19-48-39(59)28(12-7-20-49-44(46)47)24-37(57)34(23-29-25-50-31-14-6-5-13-30(29)31)54-40(60)32(17-18-38(45)58)52-42(62)36-16-9-21-55(36)43(33)63;1-27(56)51-34(25-29-14-6-3-7-15-29)39(60)53-32-18-10-20-48-37(58)30(16-8-21-49-42(44)45)26-36(57)33(24-28-12-4-2-5-13-28)54-38(59)31(17-9-22-50-43(46)47)52-40(61)35-19-11-23-55(35)41(32)62;/h2-6,10-11,13-14,25,28,32-36,50H,7-9,12,15-24H2,1H3,(H2,45,58)(H,48,59)(H,51,56)(H,52,62)(H,53,61)(H,54,60)(H4,46,47,49);2-7,12-15,30-35H,8-11,16-26H2,1H3,(H,48,58)(H,51,56)(H,52,61)(H,53,60)(H,54,59)(H4,44,45,49)(H4,46,47,50);1H/t28-,32-,33+,34+,35+,36+;30-,31-,32+,33+,34+,35+;/m11./s1. The lowest BCUT2D eigenvalue weighted by molar-refractivity contribution is -0.142. The van der Waals surface area contributed by atoms with Crippen LogP contribution < -0.4 is 93.3 Å². The largest absolute Gasteiger partial charge is 0.370 e. The predicted octanol–water partition coefficient (Wildman–Crippen LogP) is -1.03. The molecule has 0 aliphatic carbocycles. The molecule has 0 unspecified atom stereocenters. The molecule has 0 spiro atoms. The van der Waals surface area contributed by atoms with Gasteiger partial charge in [0, 0.05) is 129 Å². The molecule has 25 N–H and O–H groups in total. The lowest BCUT2D eigenvalue weighted by Crippen LogP contribution is -2.59. The van der Waals surface area contributed by atoms with Crippen LogP contribution in [0.3, 0.4) is 0 Å². The molecule has 0 saturated carbocycles. The molecule has 12 atom stereocenters. The monoisotopic (exact) mass is 1730 g/mol. The minimum Gasteiger partial charge on any atom is -0.370 e. The molecule has 676 valence electrons. The topological polar surface area (TPSA) is 618 Å². The summed E-state index contributed by atoms with van der Waals surface area (Å²) in [6, 6.07) is 23.5. The van der Waals surface area contributed by atoms with E-state index in [4.69, 9.17) is 40.1 Å². The van der Waals surface area contributed by atoms with E-state index in [9.17, 15) is 71.9 Å². The van der Waals surface area contributed by atoms with Gasteiger partial charge in [-0.15, -0.1) is 0 Å². The second-order valence-corrected chi connectivity index (χ2v) is 31.8. The number of nitrogens with two attached hydrogens (primary N) is 7. The van der Waals surface area contributed by atoms with Crippen LogP contribution in [0.5, 0.6) is 0 Å². The van der Waals surface area contributed by atoms with Crippen molar-refractivity contribution in [2.24, 2.45) is 66.9 Å². The van der Waals surface area contributed by atoms with Crippen LogP contribution in [-0.4, -0.2) is 227 Å².